The van der Waals surface area contributed by atoms with Gasteiger partial charge in [0.05, 0.1) is 23.2 Å². The van der Waals surface area contributed by atoms with Crippen LogP contribution in [0.1, 0.15) is 38.1 Å². The molecule has 32 heavy (non-hydrogen) atoms. The number of hydrogen-bond acceptors (Lipinski definition) is 7. The van der Waals surface area contributed by atoms with Gasteiger partial charge in [-0.25, -0.2) is 4.68 Å². The highest BCUT2D eigenvalue weighted by atomic mass is 32.2. The van der Waals surface area contributed by atoms with Crippen molar-refractivity contribution in [3.8, 4) is 0 Å². The molecule has 1 aliphatic carbocycles. The van der Waals surface area contributed by atoms with E-state index in [4.69, 9.17) is 0 Å². The van der Waals surface area contributed by atoms with Crippen molar-refractivity contribution in [2.75, 3.05) is 23.7 Å². The van der Waals surface area contributed by atoms with E-state index in [2.05, 4.69) is 74.3 Å². The van der Waals surface area contributed by atoms with Crippen LogP contribution in [0.2, 0.25) is 0 Å². The molecule has 3 aromatic rings. The summed E-state index contributed by atoms with van der Waals surface area (Å²) in [6.45, 7) is 1.49. The van der Waals surface area contributed by atoms with Gasteiger partial charge in [-0.15, -0.1) is 5.10 Å². The number of nitrogens with one attached hydrogen (secondary N) is 1. The fraction of sp³-hybridized carbons (Fsp3) is 0.391. The first-order valence-corrected chi connectivity index (χ1v) is 12.9. The van der Waals surface area contributed by atoms with Crippen LogP contribution in [0.5, 0.6) is 0 Å². The molecule has 2 aliphatic rings. The molecule has 1 amide bonds. The topological polar surface area (TPSA) is 75.9 Å². The van der Waals surface area contributed by atoms with Crippen LogP contribution >= 0.6 is 23.5 Å². The van der Waals surface area contributed by atoms with Crippen LogP contribution in [0.3, 0.4) is 0 Å². The predicted octanol–water partition coefficient (Wildman–Crippen LogP) is 4.69. The highest BCUT2D eigenvalue weighted by Crippen LogP contribution is 2.47. The molecule has 2 heterocycles. The first-order chi connectivity index (χ1) is 15.8. The lowest BCUT2D eigenvalue weighted by molar-refractivity contribution is -0.118. The van der Waals surface area contributed by atoms with E-state index in [1.165, 1.54) is 45.8 Å². The molecule has 0 bridgehead atoms. The van der Waals surface area contributed by atoms with Gasteiger partial charge in [-0.1, -0.05) is 60.6 Å². The zero-order chi connectivity index (χ0) is 21.8. The van der Waals surface area contributed by atoms with Crippen LogP contribution in [0.4, 0.5) is 11.4 Å². The molecule has 0 saturated heterocycles. The first-order valence-electron chi connectivity index (χ1n) is 11.1. The van der Waals surface area contributed by atoms with E-state index in [0.717, 1.165) is 31.0 Å². The number of fused-ring (bicyclic) bond motifs is 2. The lowest BCUT2D eigenvalue weighted by Crippen LogP contribution is -2.30. The summed E-state index contributed by atoms with van der Waals surface area (Å²) in [7, 11) is 0. The summed E-state index contributed by atoms with van der Waals surface area (Å²) in [5.41, 5.74) is 2.47. The number of thioether (sulfide) groups is 1. The van der Waals surface area contributed by atoms with Gasteiger partial charge in [0.15, 0.2) is 0 Å². The van der Waals surface area contributed by atoms with E-state index in [1.54, 1.807) is 0 Å². The van der Waals surface area contributed by atoms with Crippen molar-refractivity contribution in [3.63, 3.8) is 0 Å². The quantitative estimate of drug-likeness (QED) is 0.381. The Kier molecular flexibility index (Phi) is 6.64. The standard InChI is InChI=1S/C23H26N6OS2/c30-22(16-31-23-25-26-27-29(23)17-8-1-2-9-17)24-14-7-15-28-18-10-3-5-12-20(18)32-21-13-6-4-11-19(21)28/h3-6,10-13,17H,1-2,7-9,14-16H2,(H,24,30). The Morgan fingerprint density at radius 2 is 1.75 bits per heavy atom. The Balaban J connectivity index is 1.12. The van der Waals surface area contributed by atoms with Crippen molar-refractivity contribution in [3.05, 3.63) is 48.5 Å². The fourth-order valence-electron chi connectivity index (χ4n) is 4.33. The number of aromatic nitrogens is 4. The molecule has 0 atom stereocenters. The van der Waals surface area contributed by atoms with Crippen molar-refractivity contribution in [2.45, 2.75) is 53.1 Å². The number of para-hydroxylation sites is 2. The van der Waals surface area contributed by atoms with E-state index in [-0.39, 0.29) is 5.91 Å². The Morgan fingerprint density at radius 3 is 2.47 bits per heavy atom. The minimum atomic E-state index is 0.0194. The van der Waals surface area contributed by atoms with Crippen molar-refractivity contribution in [2.24, 2.45) is 0 Å². The number of carbonyl (C=O) groups excluding carboxylic acids is 1. The Labute approximate surface area is 196 Å². The molecule has 1 fully saturated rings. The highest BCUT2D eigenvalue weighted by molar-refractivity contribution is 8.00. The van der Waals surface area contributed by atoms with Crippen molar-refractivity contribution in [1.82, 2.24) is 25.5 Å². The zero-order valence-electron chi connectivity index (χ0n) is 17.8. The smallest absolute Gasteiger partial charge is 0.230 e. The molecule has 7 nitrogen and oxygen atoms in total. The summed E-state index contributed by atoms with van der Waals surface area (Å²) >= 11 is 3.23. The largest absolute Gasteiger partial charge is 0.355 e. The minimum absolute atomic E-state index is 0.0194. The molecule has 1 N–H and O–H groups in total. The molecule has 1 saturated carbocycles. The van der Waals surface area contributed by atoms with Crippen molar-refractivity contribution < 1.29 is 4.79 Å². The van der Waals surface area contributed by atoms with E-state index in [0.29, 0.717) is 18.3 Å². The van der Waals surface area contributed by atoms with Crippen LogP contribution in [0.15, 0.2) is 63.5 Å². The number of carbonyl (C=O) groups is 1. The van der Waals surface area contributed by atoms with Crippen LogP contribution in [-0.2, 0) is 4.79 Å². The lowest BCUT2D eigenvalue weighted by Gasteiger charge is -2.32. The molecule has 0 unspecified atom stereocenters. The second-order valence-electron chi connectivity index (χ2n) is 8.03. The first kappa shape index (κ1) is 21.3. The molecular formula is C23H26N6OS2. The van der Waals surface area contributed by atoms with Crippen LogP contribution < -0.4 is 10.2 Å². The van der Waals surface area contributed by atoms with Gasteiger partial charge in [-0.3, -0.25) is 4.79 Å². The molecule has 0 spiro atoms. The highest BCUT2D eigenvalue weighted by Gasteiger charge is 2.23. The van der Waals surface area contributed by atoms with Crippen LogP contribution in [0, 0.1) is 0 Å². The van der Waals surface area contributed by atoms with Gasteiger partial charge in [0.25, 0.3) is 0 Å². The fourth-order valence-corrected chi connectivity index (χ4v) is 6.20. The molecular weight excluding hydrogens is 440 g/mol. The van der Waals surface area contributed by atoms with Crippen molar-refractivity contribution in [1.29, 1.82) is 0 Å². The van der Waals surface area contributed by atoms with Gasteiger partial charge >= 0.3 is 0 Å². The van der Waals surface area contributed by atoms with Gasteiger partial charge < -0.3 is 10.2 Å². The van der Waals surface area contributed by atoms with Crippen molar-refractivity contribution >= 4 is 40.8 Å². The predicted molar refractivity (Wildman–Crippen MR) is 128 cm³/mol. The average Bonchev–Trinajstić information content (AvgIpc) is 3.51. The molecule has 1 aromatic heterocycles. The lowest BCUT2D eigenvalue weighted by atomic mass is 10.2. The SMILES string of the molecule is O=C(CSc1nnnn1C1CCCC1)NCCCN1c2ccccc2Sc2ccccc21. The van der Waals surface area contributed by atoms with E-state index in [1.807, 2.05) is 16.4 Å². The normalized spacial score (nSPS) is 15.4. The summed E-state index contributed by atoms with van der Waals surface area (Å²) in [5, 5.41) is 15.9. The summed E-state index contributed by atoms with van der Waals surface area (Å²) in [4.78, 5) is 17.3. The number of anilines is 2. The average molecular weight is 467 g/mol. The zero-order valence-corrected chi connectivity index (χ0v) is 19.4. The third kappa shape index (κ3) is 4.63. The minimum Gasteiger partial charge on any atom is -0.355 e. The maximum atomic E-state index is 12.4. The third-order valence-electron chi connectivity index (χ3n) is 5.88. The van der Waals surface area contributed by atoms with Gasteiger partial charge in [0.2, 0.25) is 11.1 Å². The maximum Gasteiger partial charge on any atom is 0.230 e. The monoisotopic (exact) mass is 466 g/mol. The van der Waals surface area contributed by atoms with E-state index >= 15 is 0 Å². The number of nitrogens with zero attached hydrogens (tertiary/aromatic N) is 5. The Bertz CT molecular complexity index is 1040. The molecule has 9 heteroatoms. The number of hydrogen-bond donors (Lipinski definition) is 1. The molecule has 5 rings (SSSR count). The van der Waals surface area contributed by atoms with Gasteiger partial charge in [-0.05, 0) is 54.0 Å². The number of rotatable bonds is 8. The van der Waals surface area contributed by atoms with Gasteiger partial charge in [0.1, 0.15) is 0 Å². The van der Waals surface area contributed by atoms with E-state index in [9.17, 15) is 4.79 Å². The van der Waals surface area contributed by atoms with Crippen LogP contribution in [-0.4, -0.2) is 45.0 Å². The summed E-state index contributed by atoms with van der Waals surface area (Å²) in [6.07, 6.45) is 5.54. The number of amides is 1. The Hall–Kier alpha value is -2.52. The summed E-state index contributed by atoms with van der Waals surface area (Å²) < 4.78 is 1.90. The Morgan fingerprint density at radius 1 is 1.06 bits per heavy atom. The number of benzene rings is 2. The molecule has 166 valence electrons. The molecule has 2 aromatic carbocycles. The van der Waals surface area contributed by atoms with Gasteiger partial charge in [-0.2, -0.15) is 0 Å². The third-order valence-corrected chi connectivity index (χ3v) is 7.94. The maximum absolute atomic E-state index is 12.4. The molecule has 1 aliphatic heterocycles. The van der Waals surface area contributed by atoms with Crippen LogP contribution in [0.25, 0.3) is 0 Å². The second kappa shape index (κ2) is 9.95. The van der Waals surface area contributed by atoms with E-state index < -0.39 is 0 Å². The van der Waals surface area contributed by atoms with Gasteiger partial charge in [0, 0.05) is 22.9 Å². The summed E-state index contributed by atoms with van der Waals surface area (Å²) in [6, 6.07) is 17.4. The number of tetrazole rings is 1. The molecule has 0 radical (unpaired) electrons. The second-order valence-corrected chi connectivity index (χ2v) is 10.1. The summed E-state index contributed by atoms with van der Waals surface area (Å²) in [5.74, 6) is 0.352.